The summed E-state index contributed by atoms with van der Waals surface area (Å²) in [6.07, 6.45) is 1.31. The van der Waals surface area contributed by atoms with Crippen molar-refractivity contribution < 1.29 is 9.53 Å². The van der Waals surface area contributed by atoms with Crippen molar-refractivity contribution in [3.8, 4) is 0 Å². The van der Waals surface area contributed by atoms with E-state index in [2.05, 4.69) is 22.2 Å². The minimum Gasteiger partial charge on any atom is -0.376 e. The fraction of sp³-hybridized carbons (Fsp3) is 0.538. The number of carbonyl (C=O) groups is 1. The van der Waals surface area contributed by atoms with Crippen molar-refractivity contribution in [3.05, 3.63) is 29.6 Å². The molecular weight excluding hydrogens is 244 g/mol. The summed E-state index contributed by atoms with van der Waals surface area (Å²) in [7, 11) is 0. The van der Waals surface area contributed by atoms with Gasteiger partial charge in [0.15, 0.2) is 0 Å². The summed E-state index contributed by atoms with van der Waals surface area (Å²) in [4.78, 5) is 18.0. The number of nitrogens with two attached hydrogens (primary N) is 1. The molecule has 0 saturated carbocycles. The Bertz CT molecular complexity index is 438. The molecule has 1 aliphatic rings. The Morgan fingerprint density at radius 2 is 2.47 bits per heavy atom. The van der Waals surface area contributed by atoms with Crippen LogP contribution in [0.4, 0.5) is 0 Å². The van der Waals surface area contributed by atoms with E-state index in [0.717, 1.165) is 38.4 Å². The molecule has 2 rings (SSSR count). The van der Waals surface area contributed by atoms with Gasteiger partial charge in [0, 0.05) is 19.6 Å². The molecule has 3 N–H and O–H groups in total. The molecule has 1 unspecified atom stereocenters. The van der Waals surface area contributed by atoms with Gasteiger partial charge in [-0.3, -0.25) is 15.1 Å². The zero-order valence-corrected chi connectivity index (χ0v) is 11.1. The molecule has 19 heavy (non-hydrogen) atoms. The van der Waals surface area contributed by atoms with Crippen molar-refractivity contribution in [3.63, 3.8) is 0 Å². The van der Waals surface area contributed by atoms with Crippen molar-refractivity contribution in [2.75, 3.05) is 19.7 Å². The third kappa shape index (κ3) is 3.73. The quantitative estimate of drug-likeness (QED) is 0.464. The van der Waals surface area contributed by atoms with Crippen LogP contribution < -0.4 is 11.3 Å². The van der Waals surface area contributed by atoms with Crippen LogP contribution in [-0.2, 0) is 11.3 Å². The summed E-state index contributed by atoms with van der Waals surface area (Å²) < 4.78 is 5.63. The number of hydrazine groups is 1. The third-order valence-corrected chi connectivity index (χ3v) is 3.23. The highest BCUT2D eigenvalue weighted by molar-refractivity contribution is 5.91. The van der Waals surface area contributed by atoms with Gasteiger partial charge in [0.25, 0.3) is 5.91 Å². The molecule has 1 aliphatic heterocycles. The van der Waals surface area contributed by atoms with Crippen molar-refractivity contribution in [1.82, 2.24) is 15.3 Å². The van der Waals surface area contributed by atoms with Gasteiger partial charge >= 0.3 is 0 Å². The average molecular weight is 264 g/mol. The second-order valence-electron chi connectivity index (χ2n) is 4.62. The second kappa shape index (κ2) is 6.60. The van der Waals surface area contributed by atoms with E-state index in [9.17, 15) is 4.79 Å². The van der Waals surface area contributed by atoms with Gasteiger partial charge in [0.05, 0.1) is 18.4 Å². The zero-order chi connectivity index (χ0) is 13.7. The van der Waals surface area contributed by atoms with Crippen molar-refractivity contribution in [1.29, 1.82) is 0 Å². The number of ether oxygens (including phenoxy) is 1. The van der Waals surface area contributed by atoms with E-state index in [1.807, 2.05) is 12.1 Å². The van der Waals surface area contributed by atoms with Gasteiger partial charge in [-0.15, -0.1) is 0 Å². The highest BCUT2D eigenvalue weighted by Gasteiger charge is 2.19. The maximum Gasteiger partial charge on any atom is 0.283 e. The number of amides is 1. The molecule has 0 aliphatic carbocycles. The monoisotopic (exact) mass is 264 g/mol. The van der Waals surface area contributed by atoms with E-state index in [-0.39, 0.29) is 5.91 Å². The lowest BCUT2D eigenvalue weighted by Crippen LogP contribution is -2.41. The number of carbonyl (C=O) groups excluding carboxylic acids is 1. The first kappa shape index (κ1) is 13.9. The van der Waals surface area contributed by atoms with Gasteiger partial charge in [0.2, 0.25) is 0 Å². The number of hydrogen-bond donors (Lipinski definition) is 2. The van der Waals surface area contributed by atoms with E-state index < -0.39 is 0 Å². The van der Waals surface area contributed by atoms with Crippen LogP contribution in [0.5, 0.6) is 0 Å². The first-order chi connectivity index (χ1) is 9.22. The Morgan fingerprint density at radius 1 is 1.63 bits per heavy atom. The first-order valence-corrected chi connectivity index (χ1v) is 6.53. The number of rotatable bonds is 4. The van der Waals surface area contributed by atoms with Gasteiger partial charge in [-0.25, -0.2) is 10.8 Å². The SMILES string of the molecule is CCC1CN(Cc2cccc(C(=O)NN)n2)CCO1. The Hall–Kier alpha value is -1.50. The Kier molecular flexibility index (Phi) is 4.84. The van der Waals surface area contributed by atoms with Crippen LogP contribution in [-0.4, -0.2) is 41.6 Å². The molecule has 1 aromatic rings. The van der Waals surface area contributed by atoms with Crippen LogP contribution in [0, 0.1) is 0 Å². The summed E-state index contributed by atoms with van der Waals surface area (Å²) in [5.74, 6) is 4.74. The fourth-order valence-corrected chi connectivity index (χ4v) is 2.17. The Morgan fingerprint density at radius 3 is 3.21 bits per heavy atom. The molecule has 0 spiro atoms. The smallest absolute Gasteiger partial charge is 0.283 e. The minimum atomic E-state index is -0.365. The largest absolute Gasteiger partial charge is 0.376 e. The van der Waals surface area contributed by atoms with Crippen LogP contribution >= 0.6 is 0 Å². The topological polar surface area (TPSA) is 80.5 Å². The highest BCUT2D eigenvalue weighted by atomic mass is 16.5. The molecule has 1 atom stereocenters. The van der Waals surface area contributed by atoms with Crippen molar-refractivity contribution in [2.24, 2.45) is 5.84 Å². The summed E-state index contributed by atoms with van der Waals surface area (Å²) in [5, 5.41) is 0. The Balaban J connectivity index is 2.00. The van der Waals surface area contributed by atoms with E-state index in [0.29, 0.717) is 11.8 Å². The minimum absolute atomic E-state index is 0.296. The number of hydrogen-bond acceptors (Lipinski definition) is 5. The first-order valence-electron chi connectivity index (χ1n) is 6.53. The molecule has 0 aromatic carbocycles. The molecular formula is C13H20N4O2. The highest BCUT2D eigenvalue weighted by Crippen LogP contribution is 2.11. The van der Waals surface area contributed by atoms with Gasteiger partial charge in [-0.1, -0.05) is 13.0 Å². The van der Waals surface area contributed by atoms with Gasteiger partial charge in [-0.05, 0) is 18.6 Å². The lowest BCUT2D eigenvalue weighted by molar-refractivity contribution is -0.0328. The summed E-state index contributed by atoms with van der Waals surface area (Å²) in [6, 6.07) is 5.40. The lowest BCUT2D eigenvalue weighted by atomic mass is 10.2. The molecule has 0 radical (unpaired) electrons. The van der Waals surface area contributed by atoms with Crippen LogP contribution in [0.1, 0.15) is 29.5 Å². The molecule has 104 valence electrons. The number of morpholine rings is 1. The van der Waals surface area contributed by atoms with Crippen LogP contribution in [0.2, 0.25) is 0 Å². The lowest BCUT2D eigenvalue weighted by Gasteiger charge is -2.32. The Labute approximate surface area is 112 Å². The van der Waals surface area contributed by atoms with E-state index in [1.54, 1.807) is 6.07 Å². The van der Waals surface area contributed by atoms with E-state index in [4.69, 9.17) is 10.6 Å². The van der Waals surface area contributed by atoms with Crippen LogP contribution in [0.25, 0.3) is 0 Å². The zero-order valence-electron chi connectivity index (χ0n) is 11.1. The van der Waals surface area contributed by atoms with Gasteiger partial charge in [-0.2, -0.15) is 0 Å². The van der Waals surface area contributed by atoms with Crippen molar-refractivity contribution >= 4 is 5.91 Å². The predicted octanol–water partition coefficient (Wildman–Crippen LogP) is 0.296. The van der Waals surface area contributed by atoms with E-state index >= 15 is 0 Å². The molecule has 0 bridgehead atoms. The number of pyridine rings is 1. The van der Waals surface area contributed by atoms with Crippen LogP contribution in [0.3, 0.4) is 0 Å². The van der Waals surface area contributed by atoms with Gasteiger partial charge < -0.3 is 4.74 Å². The van der Waals surface area contributed by atoms with E-state index in [1.165, 1.54) is 0 Å². The summed E-state index contributed by atoms with van der Waals surface area (Å²) >= 11 is 0. The number of nitrogens with one attached hydrogen (secondary N) is 1. The molecule has 6 heteroatoms. The number of aromatic nitrogens is 1. The fourth-order valence-electron chi connectivity index (χ4n) is 2.17. The molecule has 6 nitrogen and oxygen atoms in total. The van der Waals surface area contributed by atoms with Crippen molar-refractivity contribution in [2.45, 2.75) is 26.0 Å². The molecule has 2 heterocycles. The molecule has 1 fully saturated rings. The number of nitrogen functional groups attached to an aromatic ring is 1. The maximum absolute atomic E-state index is 11.4. The maximum atomic E-state index is 11.4. The summed E-state index contributed by atoms with van der Waals surface area (Å²) in [5.41, 5.74) is 3.31. The average Bonchev–Trinajstić information content (AvgIpc) is 2.47. The standard InChI is InChI=1S/C13H20N4O2/c1-2-11-9-17(6-7-19-11)8-10-4-3-5-12(15-10)13(18)16-14/h3-5,11H,2,6-9,14H2,1H3,(H,16,18). The molecule has 1 amide bonds. The normalized spacial score (nSPS) is 20.2. The molecule has 1 saturated heterocycles. The predicted molar refractivity (Wildman–Crippen MR) is 71.2 cm³/mol. The second-order valence-corrected chi connectivity index (χ2v) is 4.62. The summed E-state index contributed by atoms with van der Waals surface area (Å²) in [6.45, 7) is 5.41. The van der Waals surface area contributed by atoms with Gasteiger partial charge in [0.1, 0.15) is 5.69 Å². The van der Waals surface area contributed by atoms with Crippen LogP contribution in [0.15, 0.2) is 18.2 Å². The number of nitrogens with zero attached hydrogens (tertiary/aromatic N) is 2. The third-order valence-electron chi connectivity index (χ3n) is 3.23. The molecule has 1 aromatic heterocycles.